The lowest BCUT2D eigenvalue weighted by Gasteiger charge is -2.07. The van der Waals surface area contributed by atoms with Crippen LogP contribution in [0.3, 0.4) is 0 Å². The van der Waals surface area contributed by atoms with Crippen molar-refractivity contribution in [1.82, 2.24) is 25.6 Å². The van der Waals surface area contributed by atoms with Gasteiger partial charge in [-0.1, -0.05) is 48.0 Å². The summed E-state index contributed by atoms with van der Waals surface area (Å²) in [5, 5.41) is 14.0. The lowest BCUT2D eigenvalue weighted by atomic mass is 10.2. The first-order valence-electron chi connectivity index (χ1n) is 6.55. The third kappa shape index (κ3) is 5.08. The van der Waals surface area contributed by atoms with E-state index in [0.29, 0.717) is 5.70 Å². The molecule has 0 bridgehead atoms. The Kier molecular flexibility index (Phi) is 5.18. The fourth-order valence-corrected chi connectivity index (χ4v) is 1.58. The number of hydrogen-bond donors (Lipinski definition) is 2. The summed E-state index contributed by atoms with van der Waals surface area (Å²) in [4.78, 5) is 24.8. The normalized spacial score (nSPS) is 10.4. The van der Waals surface area contributed by atoms with Gasteiger partial charge in [-0.25, -0.2) is 0 Å². The lowest BCUT2D eigenvalue weighted by Crippen LogP contribution is -2.38. The Labute approximate surface area is 131 Å². The second kappa shape index (κ2) is 7.50. The lowest BCUT2D eigenvalue weighted by molar-refractivity contribution is -0.394. The topological polar surface area (TPSA) is 115 Å². The number of rotatable bonds is 7. The second-order valence-electron chi connectivity index (χ2n) is 4.44. The van der Waals surface area contributed by atoms with E-state index in [2.05, 4.69) is 27.5 Å². The Hall–Kier alpha value is -3.49. The van der Waals surface area contributed by atoms with E-state index in [1.54, 1.807) is 6.08 Å². The van der Waals surface area contributed by atoms with E-state index >= 15 is 0 Å². The van der Waals surface area contributed by atoms with Crippen LogP contribution in [-0.2, 0) is 11.3 Å². The Morgan fingerprint density at radius 1 is 1.35 bits per heavy atom. The highest BCUT2D eigenvalue weighted by molar-refractivity contribution is 5.75. The summed E-state index contributed by atoms with van der Waals surface area (Å²) in [6, 6.07) is 9.60. The van der Waals surface area contributed by atoms with Crippen molar-refractivity contribution < 1.29 is 9.72 Å². The average Bonchev–Trinajstić information content (AvgIpc) is 3.00. The van der Waals surface area contributed by atoms with Crippen LogP contribution in [0, 0.1) is 10.1 Å². The van der Waals surface area contributed by atoms with Crippen molar-refractivity contribution in [1.29, 1.82) is 0 Å². The smallest absolute Gasteiger partial charge is 0.390 e. The van der Waals surface area contributed by atoms with Gasteiger partial charge in [0.15, 0.2) is 0 Å². The molecule has 9 nitrogen and oxygen atoms in total. The van der Waals surface area contributed by atoms with E-state index in [-0.39, 0.29) is 6.54 Å². The van der Waals surface area contributed by atoms with Crippen molar-refractivity contribution >= 4 is 17.9 Å². The average molecular weight is 314 g/mol. The molecule has 1 amide bonds. The number of nitrogens with zero attached hydrogens (tertiary/aromatic N) is 4. The number of hydrogen-bond acceptors (Lipinski definition) is 6. The van der Waals surface area contributed by atoms with E-state index < -0.39 is 16.8 Å². The molecule has 0 aliphatic rings. The van der Waals surface area contributed by atoms with Gasteiger partial charge in [-0.3, -0.25) is 15.6 Å². The number of allylic oxidation sites excluding steroid dienone is 1. The van der Waals surface area contributed by atoms with E-state index in [9.17, 15) is 14.9 Å². The predicted molar refractivity (Wildman–Crippen MR) is 82.6 cm³/mol. The van der Waals surface area contributed by atoms with Gasteiger partial charge in [0.2, 0.25) is 6.33 Å². The molecule has 0 aliphatic heterocycles. The molecule has 9 heteroatoms. The molecular weight excluding hydrogens is 300 g/mol. The fourth-order valence-electron chi connectivity index (χ4n) is 1.58. The minimum absolute atomic E-state index is 0.205. The number of nitrogens with one attached hydrogen (secondary N) is 2. The molecule has 1 aromatic carbocycles. The maximum atomic E-state index is 11.7. The zero-order chi connectivity index (χ0) is 16.7. The molecule has 0 saturated heterocycles. The third-order valence-corrected chi connectivity index (χ3v) is 2.63. The van der Waals surface area contributed by atoms with Gasteiger partial charge in [0.1, 0.15) is 6.54 Å². The molecule has 2 aromatic rings. The first-order chi connectivity index (χ1) is 11.0. The van der Waals surface area contributed by atoms with Gasteiger partial charge in [0.05, 0.1) is 0 Å². The van der Waals surface area contributed by atoms with Crippen LogP contribution in [0.2, 0.25) is 0 Å². The van der Waals surface area contributed by atoms with Gasteiger partial charge in [-0.15, -0.1) is 0 Å². The fraction of sp³-hybridized carbons (Fsp3) is 0.0714. The summed E-state index contributed by atoms with van der Waals surface area (Å²) in [6.07, 6.45) is 4.65. The standard InChI is InChI=1S/C14H14N6O3/c1-11(7-8-12-5-3-2-4-6-12)16-17-13(21)9-19-10-15-14(18-19)20(22)23/h2-8,10,16H,1,9H2,(H,17,21). The van der Waals surface area contributed by atoms with Crippen molar-refractivity contribution in [2.75, 3.05) is 0 Å². The van der Waals surface area contributed by atoms with Crippen LogP contribution in [0.5, 0.6) is 0 Å². The van der Waals surface area contributed by atoms with Gasteiger partial charge in [-0.2, -0.15) is 4.68 Å². The molecule has 2 N–H and O–H groups in total. The van der Waals surface area contributed by atoms with Crippen LogP contribution in [0.4, 0.5) is 5.95 Å². The molecule has 0 fully saturated rings. The van der Waals surface area contributed by atoms with Gasteiger partial charge >= 0.3 is 5.95 Å². The highest BCUT2D eigenvalue weighted by atomic mass is 16.6. The molecule has 2 rings (SSSR count). The van der Waals surface area contributed by atoms with Crippen molar-refractivity contribution in [3.05, 3.63) is 70.7 Å². The summed E-state index contributed by atoms with van der Waals surface area (Å²) < 4.78 is 1.07. The van der Waals surface area contributed by atoms with E-state index in [1.165, 1.54) is 0 Å². The number of benzene rings is 1. The molecule has 0 atom stereocenters. The van der Waals surface area contributed by atoms with Crippen molar-refractivity contribution in [3.63, 3.8) is 0 Å². The Morgan fingerprint density at radius 3 is 2.74 bits per heavy atom. The Balaban J connectivity index is 1.78. The zero-order valence-corrected chi connectivity index (χ0v) is 12.0. The molecule has 1 heterocycles. The number of amides is 1. The van der Waals surface area contributed by atoms with Crippen molar-refractivity contribution in [2.45, 2.75) is 6.54 Å². The predicted octanol–water partition coefficient (Wildman–Crippen LogP) is 1.03. The molecule has 0 spiro atoms. The molecule has 0 radical (unpaired) electrons. The minimum Gasteiger partial charge on any atom is -0.390 e. The van der Waals surface area contributed by atoms with Crippen LogP contribution in [0.1, 0.15) is 5.56 Å². The molecule has 0 saturated carbocycles. The molecule has 23 heavy (non-hydrogen) atoms. The van der Waals surface area contributed by atoms with E-state index in [0.717, 1.165) is 16.6 Å². The second-order valence-corrected chi connectivity index (χ2v) is 4.44. The van der Waals surface area contributed by atoms with Crippen LogP contribution >= 0.6 is 0 Å². The number of hydrazine groups is 1. The quantitative estimate of drug-likeness (QED) is 0.448. The molecular formula is C14H14N6O3. The minimum atomic E-state index is -0.733. The van der Waals surface area contributed by atoms with E-state index in [1.807, 2.05) is 36.4 Å². The molecule has 0 unspecified atom stereocenters. The monoisotopic (exact) mass is 314 g/mol. The number of nitro groups is 1. The zero-order valence-electron chi connectivity index (χ0n) is 12.0. The Morgan fingerprint density at radius 2 is 2.09 bits per heavy atom. The number of aromatic nitrogens is 3. The van der Waals surface area contributed by atoms with Crippen LogP contribution in [0.15, 0.2) is 55.0 Å². The molecule has 0 aliphatic carbocycles. The largest absolute Gasteiger partial charge is 0.490 e. The summed E-state index contributed by atoms with van der Waals surface area (Å²) in [5.74, 6) is -1.000. The van der Waals surface area contributed by atoms with Gasteiger partial charge < -0.3 is 10.1 Å². The maximum absolute atomic E-state index is 11.7. The van der Waals surface area contributed by atoms with Crippen LogP contribution in [-0.4, -0.2) is 25.6 Å². The summed E-state index contributed by atoms with van der Waals surface area (Å²) in [6.45, 7) is 3.53. The number of carbonyl (C=O) groups excluding carboxylic acids is 1. The SMILES string of the molecule is C=C(C=Cc1ccccc1)NNC(=O)Cn1cnc([N+](=O)[O-])n1. The van der Waals surface area contributed by atoms with Crippen molar-refractivity contribution in [2.24, 2.45) is 0 Å². The molecule has 118 valence electrons. The first-order valence-corrected chi connectivity index (χ1v) is 6.55. The summed E-state index contributed by atoms with van der Waals surface area (Å²) in [5.41, 5.74) is 6.51. The summed E-state index contributed by atoms with van der Waals surface area (Å²) in [7, 11) is 0. The highest BCUT2D eigenvalue weighted by Crippen LogP contribution is 2.02. The van der Waals surface area contributed by atoms with Gasteiger partial charge in [-0.05, 0) is 16.6 Å². The van der Waals surface area contributed by atoms with Crippen molar-refractivity contribution in [3.8, 4) is 0 Å². The molecule has 1 aromatic heterocycles. The first kappa shape index (κ1) is 15.9. The van der Waals surface area contributed by atoms with Gasteiger partial charge in [0, 0.05) is 10.8 Å². The third-order valence-electron chi connectivity index (χ3n) is 2.63. The van der Waals surface area contributed by atoms with Crippen LogP contribution in [0.25, 0.3) is 6.08 Å². The highest BCUT2D eigenvalue weighted by Gasteiger charge is 2.14. The number of carbonyl (C=O) groups is 1. The maximum Gasteiger partial charge on any atom is 0.490 e. The summed E-state index contributed by atoms with van der Waals surface area (Å²) >= 11 is 0. The van der Waals surface area contributed by atoms with Crippen LogP contribution < -0.4 is 10.9 Å². The Bertz CT molecular complexity index is 738. The van der Waals surface area contributed by atoms with E-state index in [4.69, 9.17) is 0 Å². The van der Waals surface area contributed by atoms with Gasteiger partial charge in [0.25, 0.3) is 5.91 Å².